The van der Waals surface area contributed by atoms with E-state index in [1.165, 1.54) is 77.0 Å². The number of carbonyl (C=O) groups is 3. The fraction of sp³-hybridized carbons (Fsp3) is 0.766. The summed E-state index contributed by atoms with van der Waals surface area (Å²) in [6.45, 7) is 6.45. The van der Waals surface area contributed by atoms with Crippen molar-refractivity contribution in [2.24, 2.45) is 0 Å². The van der Waals surface area contributed by atoms with Crippen molar-refractivity contribution in [3.8, 4) is 0 Å². The summed E-state index contributed by atoms with van der Waals surface area (Å²) in [5, 5.41) is 0. The molecule has 0 fully saturated rings. The minimum atomic E-state index is -0.776. The monoisotopic (exact) mass is 743 g/mol. The van der Waals surface area contributed by atoms with Crippen molar-refractivity contribution in [2.45, 2.75) is 219 Å². The van der Waals surface area contributed by atoms with Crippen molar-refractivity contribution in [1.82, 2.24) is 0 Å². The summed E-state index contributed by atoms with van der Waals surface area (Å²) in [6, 6.07) is 0. The highest BCUT2D eigenvalue weighted by Gasteiger charge is 2.19. The van der Waals surface area contributed by atoms with Crippen LogP contribution in [0.5, 0.6) is 0 Å². The summed E-state index contributed by atoms with van der Waals surface area (Å²) in [5.74, 6) is -0.922. The predicted molar refractivity (Wildman–Crippen MR) is 224 cm³/mol. The molecule has 0 aliphatic heterocycles. The Morgan fingerprint density at radius 1 is 0.377 bits per heavy atom. The number of allylic oxidation sites excluding steroid dienone is 8. The average molecular weight is 743 g/mol. The summed E-state index contributed by atoms with van der Waals surface area (Å²) >= 11 is 0. The van der Waals surface area contributed by atoms with Crippen LogP contribution in [-0.4, -0.2) is 37.2 Å². The zero-order valence-electron chi connectivity index (χ0n) is 34.8. The molecule has 1 atom stereocenters. The molecule has 0 N–H and O–H groups in total. The molecule has 306 valence electrons. The SMILES string of the molecule is CCCC/C=C\CCCCCCCC(=O)OC(COC(=O)CCCCCCC)COC(=O)CCCCCCCC/C=C\C/C=C\C/C=C\CCCCC. The van der Waals surface area contributed by atoms with Gasteiger partial charge in [0, 0.05) is 19.3 Å². The topological polar surface area (TPSA) is 78.9 Å². The highest BCUT2D eigenvalue weighted by Crippen LogP contribution is 2.13. The number of carbonyl (C=O) groups excluding carboxylic acids is 3. The van der Waals surface area contributed by atoms with Gasteiger partial charge in [-0.3, -0.25) is 14.4 Å². The quantitative estimate of drug-likeness (QED) is 0.0270. The molecule has 6 heteroatoms. The Bertz CT molecular complexity index is 949. The fourth-order valence-electron chi connectivity index (χ4n) is 5.90. The minimum absolute atomic E-state index is 0.0820. The van der Waals surface area contributed by atoms with Crippen LogP contribution in [0.1, 0.15) is 213 Å². The van der Waals surface area contributed by atoms with Crippen LogP contribution < -0.4 is 0 Å². The molecule has 0 aromatic rings. The van der Waals surface area contributed by atoms with E-state index >= 15 is 0 Å². The van der Waals surface area contributed by atoms with Crippen LogP contribution in [0.15, 0.2) is 48.6 Å². The van der Waals surface area contributed by atoms with E-state index in [0.29, 0.717) is 19.3 Å². The van der Waals surface area contributed by atoms with Crippen molar-refractivity contribution >= 4 is 17.9 Å². The smallest absolute Gasteiger partial charge is 0.306 e. The van der Waals surface area contributed by atoms with Gasteiger partial charge in [0.2, 0.25) is 0 Å². The van der Waals surface area contributed by atoms with Crippen LogP contribution in [0.3, 0.4) is 0 Å². The highest BCUT2D eigenvalue weighted by molar-refractivity contribution is 5.71. The lowest BCUT2D eigenvalue weighted by molar-refractivity contribution is -0.167. The first kappa shape index (κ1) is 50.4. The lowest BCUT2D eigenvalue weighted by Gasteiger charge is -2.18. The summed E-state index contributed by atoms with van der Waals surface area (Å²) < 4.78 is 16.6. The van der Waals surface area contributed by atoms with E-state index in [1.54, 1.807) is 0 Å². The Morgan fingerprint density at radius 3 is 1.17 bits per heavy atom. The molecular formula is C47H82O6. The van der Waals surface area contributed by atoms with Crippen molar-refractivity contribution in [3.05, 3.63) is 48.6 Å². The molecule has 0 saturated heterocycles. The lowest BCUT2D eigenvalue weighted by atomic mass is 10.1. The standard InChI is InChI=1S/C47H82O6/c1-4-7-10-13-15-17-19-20-21-22-23-24-25-26-28-29-31-34-37-40-46(49)52-43-44(42-51-45(48)39-36-33-12-9-6-3)53-47(50)41-38-35-32-30-27-18-16-14-11-8-5-2/h14-17,20-21,23-24,44H,4-13,18-19,22,25-43H2,1-3H3/b16-14-,17-15-,21-20-,24-23-. The molecule has 53 heavy (non-hydrogen) atoms. The van der Waals surface area contributed by atoms with E-state index in [9.17, 15) is 14.4 Å². The molecular weight excluding hydrogens is 661 g/mol. The zero-order chi connectivity index (χ0) is 38.7. The Morgan fingerprint density at radius 2 is 0.698 bits per heavy atom. The molecule has 0 aromatic heterocycles. The van der Waals surface area contributed by atoms with Gasteiger partial charge in [-0.2, -0.15) is 0 Å². The van der Waals surface area contributed by atoms with Crippen molar-refractivity contribution in [2.75, 3.05) is 13.2 Å². The van der Waals surface area contributed by atoms with Gasteiger partial charge in [-0.05, 0) is 77.0 Å². The maximum atomic E-state index is 12.6. The second-order valence-electron chi connectivity index (χ2n) is 14.6. The normalized spacial score (nSPS) is 12.4. The third-order valence-corrected chi connectivity index (χ3v) is 9.31. The first-order valence-corrected chi connectivity index (χ1v) is 22.1. The molecule has 0 aliphatic carbocycles. The summed E-state index contributed by atoms with van der Waals surface area (Å²) in [5.41, 5.74) is 0. The number of ether oxygens (including phenoxy) is 3. The number of hydrogen-bond donors (Lipinski definition) is 0. The van der Waals surface area contributed by atoms with Gasteiger partial charge >= 0.3 is 17.9 Å². The fourth-order valence-corrected chi connectivity index (χ4v) is 5.90. The van der Waals surface area contributed by atoms with Crippen LogP contribution in [0.4, 0.5) is 0 Å². The third-order valence-electron chi connectivity index (χ3n) is 9.31. The van der Waals surface area contributed by atoms with E-state index in [4.69, 9.17) is 14.2 Å². The molecule has 0 radical (unpaired) electrons. The highest BCUT2D eigenvalue weighted by atomic mass is 16.6. The number of unbranched alkanes of at least 4 members (excludes halogenated alkanes) is 20. The maximum Gasteiger partial charge on any atom is 0.306 e. The molecule has 6 nitrogen and oxygen atoms in total. The van der Waals surface area contributed by atoms with Gasteiger partial charge in [-0.1, -0.05) is 166 Å². The first-order valence-electron chi connectivity index (χ1n) is 22.1. The summed E-state index contributed by atoms with van der Waals surface area (Å²) in [4.78, 5) is 37.4. The van der Waals surface area contributed by atoms with Gasteiger partial charge in [0.25, 0.3) is 0 Å². The predicted octanol–water partition coefficient (Wildman–Crippen LogP) is 14.0. The molecule has 0 aliphatic rings. The number of esters is 3. The zero-order valence-corrected chi connectivity index (χ0v) is 34.8. The van der Waals surface area contributed by atoms with Crippen LogP contribution >= 0.6 is 0 Å². The van der Waals surface area contributed by atoms with Crippen LogP contribution in [0.25, 0.3) is 0 Å². The van der Waals surface area contributed by atoms with E-state index in [0.717, 1.165) is 96.3 Å². The second-order valence-corrected chi connectivity index (χ2v) is 14.6. The first-order chi connectivity index (χ1) is 26.0. The molecule has 0 amide bonds. The molecule has 0 saturated carbocycles. The van der Waals surface area contributed by atoms with Crippen LogP contribution in [0.2, 0.25) is 0 Å². The van der Waals surface area contributed by atoms with Gasteiger partial charge in [-0.15, -0.1) is 0 Å². The third kappa shape index (κ3) is 40.4. The number of hydrogen-bond acceptors (Lipinski definition) is 6. The Hall–Kier alpha value is -2.63. The van der Waals surface area contributed by atoms with Crippen molar-refractivity contribution in [1.29, 1.82) is 0 Å². The molecule has 0 aromatic carbocycles. The van der Waals surface area contributed by atoms with Crippen LogP contribution in [0, 0.1) is 0 Å². The van der Waals surface area contributed by atoms with E-state index < -0.39 is 6.10 Å². The van der Waals surface area contributed by atoms with Gasteiger partial charge in [-0.25, -0.2) is 0 Å². The molecule has 1 unspecified atom stereocenters. The molecule has 0 rings (SSSR count). The molecule has 0 bridgehead atoms. The van der Waals surface area contributed by atoms with E-state index in [2.05, 4.69) is 69.4 Å². The largest absolute Gasteiger partial charge is 0.462 e. The second kappa shape index (κ2) is 42.1. The Kier molecular flexibility index (Phi) is 40.0. The number of rotatable bonds is 39. The van der Waals surface area contributed by atoms with Gasteiger partial charge in [0.15, 0.2) is 6.10 Å². The Labute approximate surface area is 327 Å². The summed E-state index contributed by atoms with van der Waals surface area (Å²) in [6.07, 6.45) is 48.4. The van der Waals surface area contributed by atoms with Gasteiger partial charge in [0.05, 0.1) is 0 Å². The minimum Gasteiger partial charge on any atom is -0.462 e. The van der Waals surface area contributed by atoms with Crippen molar-refractivity contribution < 1.29 is 28.6 Å². The Balaban J connectivity index is 4.23. The van der Waals surface area contributed by atoms with Gasteiger partial charge < -0.3 is 14.2 Å². The lowest BCUT2D eigenvalue weighted by Crippen LogP contribution is -2.30. The molecule has 0 heterocycles. The summed E-state index contributed by atoms with van der Waals surface area (Å²) in [7, 11) is 0. The maximum absolute atomic E-state index is 12.6. The molecule has 0 spiro atoms. The van der Waals surface area contributed by atoms with Crippen molar-refractivity contribution in [3.63, 3.8) is 0 Å². The van der Waals surface area contributed by atoms with E-state index in [-0.39, 0.29) is 31.1 Å². The van der Waals surface area contributed by atoms with Gasteiger partial charge in [0.1, 0.15) is 13.2 Å². The van der Waals surface area contributed by atoms with E-state index in [1.807, 2.05) is 0 Å². The average Bonchev–Trinajstić information content (AvgIpc) is 3.15. The van der Waals surface area contributed by atoms with Crippen LogP contribution in [-0.2, 0) is 28.6 Å².